The highest BCUT2D eigenvalue weighted by molar-refractivity contribution is 9.10. The van der Waals surface area contributed by atoms with Crippen molar-refractivity contribution < 1.29 is 4.79 Å². The molecule has 0 bridgehead atoms. The molecule has 2 aromatic carbocycles. The van der Waals surface area contributed by atoms with Gasteiger partial charge >= 0.3 is 0 Å². The second-order valence-corrected chi connectivity index (χ2v) is 5.74. The average Bonchev–Trinajstić information content (AvgIpc) is 2.43. The fraction of sp³-hybridized carbons (Fsp3) is 0.133. The minimum absolute atomic E-state index is 0.117. The number of halogens is 2. The first-order valence-corrected chi connectivity index (χ1v) is 7.20. The molecule has 0 saturated heterocycles. The maximum Gasteiger partial charge on any atom is 0.255 e. The van der Waals surface area contributed by atoms with Crippen LogP contribution in [0.4, 0.5) is 5.69 Å². The van der Waals surface area contributed by atoms with Gasteiger partial charge in [-0.1, -0.05) is 29.8 Å². The van der Waals surface area contributed by atoms with E-state index in [4.69, 9.17) is 17.3 Å². The highest BCUT2D eigenvalue weighted by atomic mass is 79.9. The average molecular weight is 354 g/mol. The quantitative estimate of drug-likeness (QED) is 0.849. The van der Waals surface area contributed by atoms with Crippen molar-refractivity contribution >= 4 is 39.1 Å². The van der Waals surface area contributed by atoms with Crippen molar-refractivity contribution in [3.8, 4) is 0 Å². The van der Waals surface area contributed by atoms with Crippen molar-refractivity contribution in [3.63, 3.8) is 0 Å². The number of hydrogen-bond donors (Lipinski definition) is 1. The van der Waals surface area contributed by atoms with Crippen molar-refractivity contribution in [2.24, 2.45) is 0 Å². The van der Waals surface area contributed by atoms with Gasteiger partial charge in [0.1, 0.15) is 0 Å². The van der Waals surface area contributed by atoms with Crippen molar-refractivity contribution in [1.29, 1.82) is 0 Å². The van der Waals surface area contributed by atoms with Gasteiger partial charge in [0.25, 0.3) is 5.91 Å². The summed E-state index contributed by atoms with van der Waals surface area (Å²) in [5.74, 6) is -0.117. The Labute approximate surface area is 131 Å². The predicted octanol–water partition coefficient (Wildman–Crippen LogP) is 3.96. The molecule has 3 nitrogen and oxygen atoms in total. The van der Waals surface area contributed by atoms with E-state index >= 15 is 0 Å². The normalized spacial score (nSPS) is 10.3. The number of anilines is 1. The topological polar surface area (TPSA) is 46.3 Å². The Morgan fingerprint density at radius 2 is 1.90 bits per heavy atom. The third-order valence-electron chi connectivity index (χ3n) is 2.93. The Kier molecular flexibility index (Phi) is 4.68. The van der Waals surface area contributed by atoms with Crippen LogP contribution in [0.1, 0.15) is 15.9 Å². The van der Waals surface area contributed by atoms with Crippen LogP contribution in [0, 0.1) is 0 Å². The number of nitrogen functional groups attached to an aromatic ring is 1. The maximum atomic E-state index is 12.4. The van der Waals surface area contributed by atoms with Crippen LogP contribution in [0.3, 0.4) is 0 Å². The number of carbonyl (C=O) groups excluding carboxylic acids is 1. The van der Waals surface area contributed by atoms with Crippen LogP contribution in [0.15, 0.2) is 46.9 Å². The number of benzene rings is 2. The second-order valence-electron chi connectivity index (χ2n) is 4.50. The number of hydrogen-bond acceptors (Lipinski definition) is 2. The van der Waals surface area contributed by atoms with Gasteiger partial charge in [-0.05, 0) is 45.8 Å². The smallest absolute Gasteiger partial charge is 0.255 e. The molecule has 0 atom stereocenters. The summed E-state index contributed by atoms with van der Waals surface area (Å²) in [5, 5.41) is 0.432. The van der Waals surface area contributed by atoms with Crippen LogP contribution in [0.5, 0.6) is 0 Å². The van der Waals surface area contributed by atoms with E-state index in [9.17, 15) is 4.79 Å². The Morgan fingerprint density at radius 1 is 1.25 bits per heavy atom. The zero-order chi connectivity index (χ0) is 14.7. The first-order chi connectivity index (χ1) is 9.49. The highest BCUT2D eigenvalue weighted by Crippen LogP contribution is 2.27. The number of carbonyl (C=O) groups is 1. The molecule has 0 spiro atoms. The van der Waals surface area contributed by atoms with E-state index in [0.717, 1.165) is 5.56 Å². The molecule has 2 aromatic rings. The molecule has 0 aliphatic rings. The summed E-state index contributed by atoms with van der Waals surface area (Å²) in [4.78, 5) is 14.0. The Hall–Kier alpha value is -1.52. The number of rotatable bonds is 3. The lowest BCUT2D eigenvalue weighted by Gasteiger charge is -2.18. The van der Waals surface area contributed by atoms with Crippen molar-refractivity contribution in [2.75, 3.05) is 12.8 Å². The summed E-state index contributed by atoms with van der Waals surface area (Å²) in [7, 11) is 1.75. The fourth-order valence-corrected chi connectivity index (χ4v) is 2.42. The van der Waals surface area contributed by atoms with E-state index in [1.807, 2.05) is 24.3 Å². The minimum Gasteiger partial charge on any atom is -0.399 e. The van der Waals surface area contributed by atoms with Gasteiger partial charge in [0, 0.05) is 23.8 Å². The molecule has 0 saturated carbocycles. The Bertz CT molecular complexity index is 628. The third kappa shape index (κ3) is 3.32. The fourth-order valence-electron chi connectivity index (χ4n) is 1.84. The molecule has 0 aromatic heterocycles. The Balaban J connectivity index is 2.16. The van der Waals surface area contributed by atoms with Gasteiger partial charge in [-0.15, -0.1) is 0 Å². The molecule has 2 N–H and O–H groups in total. The third-order valence-corrected chi connectivity index (χ3v) is 4.22. The molecule has 2 rings (SSSR count). The molecule has 0 radical (unpaired) electrons. The molecule has 0 unspecified atom stereocenters. The lowest BCUT2D eigenvalue weighted by Crippen LogP contribution is -2.26. The highest BCUT2D eigenvalue weighted by Gasteiger charge is 2.16. The van der Waals surface area contributed by atoms with Crippen LogP contribution in [-0.4, -0.2) is 17.9 Å². The first kappa shape index (κ1) is 14.9. The maximum absolute atomic E-state index is 12.4. The van der Waals surface area contributed by atoms with Crippen LogP contribution in [0.2, 0.25) is 5.02 Å². The lowest BCUT2D eigenvalue weighted by molar-refractivity contribution is 0.0785. The van der Waals surface area contributed by atoms with Crippen molar-refractivity contribution in [1.82, 2.24) is 4.90 Å². The van der Waals surface area contributed by atoms with Gasteiger partial charge in [-0.3, -0.25) is 4.79 Å². The first-order valence-electron chi connectivity index (χ1n) is 6.03. The van der Waals surface area contributed by atoms with E-state index in [1.165, 1.54) is 0 Å². The number of nitrogens with two attached hydrogens (primary N) is 1. The van der Waals surface area contributed by atoms with Gasteiger partial charge in [0.2, 0.25) is 0 Å². The summed E-state index contributed by atoms with van der Waals surface area (Å²) in [6.07, 6.45) is 0. The molecule has 20 heavy (non-hydrogen) atoms. The molecular formula is C15H14BrClN2O. The molecular weight excluding hydrogens is 340 g/mol. The van der Waals surface area contributed by atoms with Crippen LogP contribution in [0.25, 0.3) is 0 Å². The van der Waals surface area contributed by atoms with Crippen LogP contribution >= 0.6 is 27.5 Å². The summed E-state index contributed by atoms with van der Waals surface area (Å²) in [5.41, 5.74) is 7.85. The van der Waals surface area contributed by atoms with Crippen LogP contribution in [-0.2, 0) is 6.54 Å². The van der Waals surface area contributed by atoms with Gasteiger partial charge in [-0.25, -0.2) is 0 Å². The summed E-state index contributed by atoms with van der Waals surface area (Å²) < 4.78 is 0.714. The van der Waals surface area contributed by atoms with E-state index in [0.29, 0.717) is 27.3 Å². The molecule has 104 valence electrons. The van der Waals surface area contributed by atoms with Crippen LogP contribution < -0.4 is 5.73 Å². The predicted molar refractivity (Wildman–Crippen MR) is 85.8 cm³/mol. The van der Waals surface area contributed by atoms with Gasteiger partial charge in [0.15, 0.2) is 0 Å². The SMILES string of the molecule is CN(Cc1ccc(N)cc1)C(=O)c1cccc(Br)c1Cl. The number of amides is 1. The summed E-state index contributed by atoms with van der Waals surface area (Å²) >= 11 is 9.47. The molecule has 0 aliphatic heterocycles. The van der Waals surface area contributed by atoms with Crippen molar-refractivity contribution in [3.05, 3.63) is 63.1 Å². The minimum atomic E-state index is -0.117. The zero-order valence-corrected chi connectivity index (χ0v) is 13.3. The number of nitrogens with zero attached hydrogens (tertiary/aromatic N) is 1. The Morgan fingerprint density at radius 3 is 2.55 bits per heavy atom. The zero-order valence-electron chi connectivity index (χ0n) is 10.9. The van der Waals surface area contributed by atoms with E-state index in [-0.39, 0.29) is 5.91 Å². The van der Waals surface area contributed by atoms with E-state index in [2.05, 4.69) is 15.9 Å². The van der Waals surface area contributed by atoms with Gasteiger partial charge < -0.3 is 10.6 Å². The second kappa shape index (κ2) is 6.29. The lowest BCUT2D eigenvalue weighted by atomic mass is 10.1. The largest absolute Gasteiger partial charge is 0.399 e. The molecule has 0 aliphatic carbocycles. The molecule has 0 fully saturated rings. The van der Waals surface area contributed by atoms with E-state index in [1.54, 1.807) is 30.1 Å². The monoisotopic (exact) mass is 352 g/mol. The van der Waals surface area contributed by atoms with Gasteiger partial charge in [-0.2, -0.15) is 0 Å². The summed E-state index contributed by atoms with van der Waals surface area (Å²) in [6.45, 7) is 0.502. The standard InChI is InChI=1S/C15H14BrClN2O/c1-19(9-10-5-7-11(18)8-6-10)15(20)12-3-2-4-13(16)14(12)17/h2-8H,9,18H2,1H3. The molecule has 0 heterocycles. The summed E-state index contributed by atoms with van der Waals surface area (Å²) in [6, 6.07) is 12.8. The molecule has 1 amide bonds. The van der Waals surface area contributed by atoms with E-state index < -0.39 is 0 Å². The van der Waals surface area contributed by atoms with Crippen molar-refractivity contribution in [2.45, 2.75) is 6.54 Å². The van der Waals surface area contributed by atoms with Gasteiger partial charge in [0.05, 0.1) is 10.6 Å². The molecule has 5 heteroatoms.